The summed E-state index contributed by atoms with van der Waals surface area (Å²) in [6.07, 6.45) is 3.56. The van der Waals surface area contributed by atoms with Gasteiger partial charge in [-0.1, -0.05) is 18.2 Å². The number of carbonyl (C=O) groups is 2. The Morgan fingerprint density at radius 1 is 1.14 bits per heavy atom. The molecule has 3 N–H and O–H groups in total. The molecule has 0 atom stereocenters. The van der Waals surface area contributed by atoms with Gasteiger partial charge in [-0.05, 0) is 30.3 Å². The summed E-state index contributed by atoms with van der Waals surface area (Å²) in [4.78, 5) is 23.3. The number of hydrogen-bond donors (Lipinski definition) is 2. The number of benzene rings is 2. The molecule has 28 heavy (non-hydrogen) atoms. The van der Waals surface area contributed by atoms with Crippen LogP contribution in [0, 0.1) is 0 Å². The lowest BCUT2D eigenvalue weighted by molar-refractivity contribution is -0.119. The molecule has 8 nitrogen and oxygen atoms in total. The highest BCUT2D eigenvalue weighted by atomic mass is 16.5. The van der Waals surface area contributed by atoms with Crippen LogP contribution in [0.2, 0.25) is 0 Å². The molecule has 2 amide bonds. The molecule has 0 radical (unpaired) electrons. The molecule has 8 heteroatoms. The van der Waals surface area contributed by atoms with Gasteiger partial charge in [-0.15, -0.1) is 0 Å². The van der Waals surface area contributed by atoms with Crippen LogP contribution >= 0.6 is 0 Å². The normalized spacial score (nSPS) is 10.3. The van der Waals surface area contributed by atoms with Crippen LogP contribution in [0.4, 0.5) is 0 Å². The van der Waals surface area contributed by atoms with Crippen LogP contribution in [-0.2, 0) is 11.3 Å². The standard InChI is InChI=1S/C20H20N4O4/c1-27-18-9-15(7-8-17(18)28-13-19(21)25)20(26)22-10-14-11-23-24(12-14)16-5-3-2-4-6-16/h2-9,11-12H,10,13H2,1H3,(H2,21,25)(H,22,26). The topological polar surface area (TPSA) is 108 Å². The van der Waals surface area contributed by atoms with Gasteiger partial charge in [-0.2, -0.15) is 5.10 Å². The summed E-state index contributed by atoms with van der Waals surface area (Å²) in [5.41, 5.74) is 7.28. The maximum atomic E-state index is 12.4. The number of amides is 2. The summed E-state index contributed by atoms with van der Waals surface area (Å²) in [6, 6.07) is 14.4. The number of carbonyl (C=O) groups excluding carboxylic acids is 2. The zero-order valence-electron chi connectivity index (χ0n) is 15.3. The fourth-order valence-electron chi connectivity index (χ4n) is 2.53. The SMILES string of the molecule is COc1cc(C(=O)NCc2cnn(-c3ccccc3)c2)ccc1OCC(N)=O. The van der Waals surface area contributed by atoms with Crippen LogP contribution in [0.25, 0.3) is 5.69 Å². The van der Waals surface area contributed by atoms with E-state index >= 15 is 0 Å². The fraction of sp³-hybridized carbons (Fsp3) is 0.150. The Hall–Kier alpha value is -3.81. The molecule has 0 fully saturated rings. The van der Waals surface area contributed by atoms with Gasteiger partial charge in [0.15, 0.2) is 18.1 Å². The summed E-state index contributed by atoms with van der Waals surface area (Å²) in [6.45, 7) is 0.0568. The van der Waals surface area contributed by atoms with Gasteiger partial charge in [0.1, 0.15) is 0 Å². The molecule has 0 saturated heterocycles. The predicted octanol–water partition coefficient (Wildman–Crippen LogP) is 1.67. The van der Waals surface area contributed by atoms with Crippen molar-refractivity contribution in [2.45, 2.75) is 6.54 Å². The molecule has 144 valence electrons. The van der Waals surface area contributed by atoms with Gasteiger partial charge in [0.05, 0.1) is 19.0 Å². The van der Waals surface area contributed by atoms with Gasteiger partial charge >= 0.3 is 0 Å². The second-order valence-corrected chi connectivity index (χ2v) is 5.93. The van der Waals surface area contributed by atoms with Crippen LogP contribution < -0.4 is 20.5 Å². The van der Waals surface area contributed by atoms with Gasteiger partial charge in [-0.25, -0.2) is 4.68 Å². The van der Waals surface area contributed by atoms with Crippen molar-refractivity contribution < 1.29 is 19.1 Å². The van der Waals surface area contributed by atoms with Gasteiger partial charge < -0.3 is 20.5 Å². The quantitative estimate of drug-likeness (QED) is 0.618. The van der Waals surface area contributed by atoms with Crippen molar-refractivity contribution in [3.63, 3.8) is 0 Å². The molecular weight excluding hydrogens is 360 g/mol. The van der Waals surface area contributed by atoms with Gasteiger partial charge in [0.25, 0.3) is 11.8 Å². The summed E-state index contributed by atoms with van der Waals surface area (Å²) in [5.74, 6) is -0.195. The number of para-hydroxylation sites is 1. The number of ether oxygens (including phenoxy) is 2. The van der Waals surface area contributed by atoms with Crippen LogP contribution in [0.1, 0.15) is 15.9 Å². The minimum Gasteiger partial charge on any atom is -0.493 e. The van der Waals surface area contributed by atoms with Gasteiger partial charge in [0, 0.05) is 23.9 Å². The average molecular weight is 380 g/mol. The fourth-order valence-corrected chi connectivity index (χ4v) is 2.53. The molecule has 1 heterocycles. The smallest absolute Gasteiger partial charge is 0.255 e. The van der Waals surface area contributed by atoms with Crippen LogP contribution in [0.3, 0.4) is 0 Å². The highest BCUT2D eigenvalue weighted by molar-refractivity contribution is 5.94. The third kappa shape index (κ3) is 4.67. The number of hydrogen-bond acceptors (Lipinski definition) is 5. The Labute approximate surface area is 161 Å². The third-order valence-corrected chi connectivity index (χ3v) is 3.91. The molecule has 1 aromatic heterocycles. The Morgan fingerprint density at radius 2 is 1.93 bits per heavy atom. The van der Waals surface area contributed by atoms with E-state index in [2.05, 4.69) is 10.4 Å². The number of nitrogens with two attached hydrogens (primary N) is 1. The van der Waals surface area contributed by atoms with Crippen molar-refractivity contribution in [3.05, 3.63) is 72.1 Å². The summed E-state index contributed by atoms with van der Waals surface area (Å²) in [5, 5.41) is 7.14. The largest absolute Gasteiger partial charge is 0.493 e. The van der Waals surface area contributed by atoms with Gasteiger partial charge in [-0.3, -0.25) is 9.59 Å². The number of primary amides is 1. The predicted molar refractivity (Wildman–Crippen MR) is 102 cm³/mol. The van der Waals surface area contributed by atoms with Crippen molar-refractivity contribution in [2.24, 2.45) is 5.73 Å². The maximum absolute atomic E-state index is 12.4. The summed E-state index contributed by atoms with van der Waals surface area (Å²) >= 11 is 0. The van der Waals surface area contributed by atoms with E-state index in [1.165, 1.54) is 7.11 Å². The first-order valence-corrected chi connectivity index (χ1v) is 8.53. The molecule has 0 spiro atoms. The number of nitrogens with one attached hydrogen (secondary N) is 1. The first kappa shape index (κ1) is 19.0. The first-order valence-electron chi connectivity index (χ1n) is 8.53. The molecule has 0 aliphatic heterocycles. The average Bonchev–Trinajstić information content (AvgIpc) is 3.20. The van der Waals surface area contributed by atoms with Crippen molar-refractivity contribution >= 4 is 11.8 Å². The highest BCUT2D eigenvalue weighted by Crippen LogP contribution is 2.28. The second-order valence-electron chi connectivity index (χ2n) is 5.93. The molecule has 2 aromatic carbocycles. The van der Waals surface area contributed by atoms with E-state index < -0.39 is 5.91 Å². The van der Waals surface area contributed by atoms with E-state index in [4.69, 9.17) is 15.2 Å². The molecular formula is C20H20N4O4. The van der Waals surface area contributed by atoms with E-state index in [0.29, 0.717) is 23.6 Å². The summed E-state index contributed by atoms with van der Waals surface area (Å²) in [7, 11) is 1.45. The number of rotatable bonds is 8. The molecule has 0 saturated carbocycles. The lowest BCUT2D eigenvalue weighted by Crippen LogP contribution is -2.23. The summed E-state index contributed by atoms with van der Waals surface area (Å²) < 4.78 is 12.2. The van der Waals surface area contributed by atoms with Crippen LogP contribution in [-0.4, -0.2) is 35.3 Å². The maximum Gasteiger partial charge on any atom is 0.255 e. The monoisotopic (exact) mass is 380 g/mol. The third-order valence-electron chi connectivity index (χ3n) is 3.91. The number of methoxy groups -OCH3 is 1. The van der Waals surface area contributed by atoms with E-state index in [0.717, 1.165) is 11.3 Å². The number of aromatic nitrogens is 2. The molecule has 3 aromatic rings. The molecule has 0 bridgehead atoms. The van der Waals surface area contributed by atoms with Crippen molar-refractivity contribution in [1.29, 1.82) is 0 Å². The number of nitrogens with zero attached hydrogens (tertiary/aromatic N) is 2. The zero-order chi connectivity index (χ0) is 19.9. The Morgan fingerprint density at radius 3 is 2.64 bits per heavy atom. The van der Waals surface area contributed by atoms with E-state index in [1.54, 1.807) is 29.1 Å². The van der Waals surface area contributed by atoms with Crippen molar-refractivity contribution in [3.8, 4) is 17.2 Å². The van der Waals surface area contributed by atoms with Crippen LogP contribution in [0.15, 0.2) is 60.9 Å². The molecule has 0 unspecified atom stereocenters. The second kappa shape index (κ2) is 8.72. The van der Waals surface area contributed by atoms with Gasteiger partial charge in [0.2, 0.25) is 0 Å². The van der Waals surface area contributed by atoms with E-state index in [1.807, 2.05) is 36.5 Å². The Bertz CT molecular complexity index is 969. The Balaban J connectivity index is 1.63. The van der Waals surface area contributed by atoms with E-state index in [-0.39, 0.29) is 12.5 Å². The Kier molecular flexibility index (Phi) is 5.91. The van der Waals surface area contributed by atoms with Crippen molar-refractivity contribution in [2.75, 3.05) is 13.7 Å². The highest BCUT2D eigenvalue weighted by Gasteiger charge is 2.12. The minimum atomic E-state index is -0.597. The molecule has 3 rings (SSSR count). The van der Waals surface area contributed by atoms with E-state index in [9.17, 15) is 9.59 Å². The van der Waals surface area contributed by atoms with Crippen molar-refractivity contribution in [1.82, 2.24) is 15.1 Å². The molecule has 0 aliphatic rings. The first-order chi connectivity index (χ1) is 13.6. The lowest BCUT2D eigenvalue weighted by Gasteiger charge is -2.11. The molecule has 0 aliphatic carbocycles. The van der Waals surface area contributed by atoms with Crippen LogP contribution in [0.5, 0.6) is 11.5 Å². The minimum absolute atomic E-state index is 0.271. The lowest BCUT2D eigenvalue weighted by atomic mass is 10.2. The zero-order valence-corrected chi connectivity index (χ0v) is 15.3.